The van der Waals surface area contributed by atoms with Crippen LogP contribution in [0.15, 0.2) is 6.20 Å². The van der Waals surface area contributed by atoms with Gasteiger partial charge < -0.3 is 10.6 Å². The highest BCUT2D eigenvalue weighted by atomic mass is 16.2. The summed E-state index contributed by atoms with van der Waals surface area (Å²) in [6, 6.07) is 0.354. The molecule has 2 heterocycles. The molecule has 104 valence electrons. The summed E-state index contributed by atoms with van der Waals surface area (Å²) in [5, 5.41) is 14.1. The monoisotopic (exact) mass is 263 g/mol. The van der Waals surface area contributed by atoms with Crippen LogP contribution in [0.4, 0.5) is 0 Å². The first-order chi connectivity index (χ1) is 9.33. The maximum absolute atomic E-state index is 11.9. The molecule has 1 saturated heterocycles. The van der Waals surface area contributed by atoms with Crippen LogP contribution in [0, 0.1) is 5.92 Å². The first-order valence-corrected chi connectivity index (χ1v) is 7.23. The summed E-state index contributed by atoms with van der Waals surface area (Å²) < 4.78 is 1.78. The van der Waals surface area contributed by atoms with Gasteiger partial charge in [-0.1, -0.05) is 30.9 Å². The van der Waals surface area contributed by atoms with Crippen molar-refractivity contribution >= 4 is 5.91 Å². The molecule has 1 aliphatic heterocycles. The van der Waals surface area contributed by atoms with E-state index in [4.69, 9.17) is 0 Å². The van der Waals surface area contributed by atoms with Crippen molar-refractivity contribution in [2.75, 3.05) is 19.6 Å². The molecule has 6 heteroatoms. The van der Waals surface area contributed by atoms with Crippen LogP contribution >= 0.6 is 0 Å². The van der Waals surface area contributed by atoms with Gasteiger partial charge in [-0.25, -0.2) is 4.68 Å². The van der Waals surface area contributed by atoms with Gasteiger partial charge in [0.1, 0.15) is 0 Å². The number of carbonyl (C=O) groups is 1. The fourth-order valence-electron chi connectivity index (χ4n) is 2.80. The lowest BCUT2D eigenvalue weighted by atomic mass is 10.0. The highest BCUT2D eigenvalue weighted by molar-refractivity contribution is 5.91. The van der Waals surface area contributed by atoms with Gasteiger partial charge in [0, 0.05) is 19.6 Å². The Morgan fingerprint density at radius 1 is 1.42 bits per heavy atom. The zero-order valence-electron chi connectivity index (χ0n) is 11.1. The number of amides is 1. The number of nitrogens with zero attached hydrogens (tertiary/aromatic N) is 3. The largest absolute Gasteiger partial charge is 0.351 e. The highest BCUT2D eigenvalue weighted by Crippen LogP contribution is 2.26. The van der Waals surface area contributed by atoms with Crippen LogP contribution in [0.2, 0.25) is 0 Å². The van der Waals surface area contributed by atoms with E-state index in [0.29, 0.717) is 11.7 Å². The van der Waals surface area contributed by atoms with E-state index in [9.17, 15) is 4.79 Å². The Balaban J connectivity index is 1.45. The van der Waals surface area contributed by atoms with E-state index >= 15 is 0 Å². The molecule has 6 nitrogen and oxygen atoms in total. The van der Waals surface area contributed by atoms with E-state index in [2.05, 4.69) is 20.9 Å². The van der Waals surface area contributed by atoms with Gasteiger partial charge in [-0.15, -0.1) is 5.10 Å². The molecule has 2 N–H and O–H groups in total. The molecule has 19 heavy (non-hydrogen) atoms. The molecule has 0 aromatic carbocycles. The number of hydrogen-bond acceptors (Lipinski definition) is 4. The lowest BCUT2D eigenvalue weighted by Gasteiger charge is -2.26. The second-order valence-corrected chi connectivity index (χ2v) is 5.59. The van der Waals surface area contributed by atoms with Crippen molar-refractivity contribution in [2.24, 2.45) is 5.92 Å². The molecule has 0 unspecified atom stereocenters. The predicted molar refractivity (Wildman–Crippen MR) is 70.8 cm³/mol. The van der Waals surface area contributed by atoms with E-state index < -0.39 is 0 Å². The number of rotatable bonds is 5. The van der Waals surface area contributed by atoms with Crippen LogP contribution in [-0.4, -0.2) is 40.5 Å². The summed E-state index contributed by atoms with van der Waals surface area (Å²) in [5.41, 5.74) is 0.429. The second kappa shape index (κ2) is 5.69. The summed E-state index contributed by atoms with van der Waals surface area (Å²) in [4.78, 5) is 11.9. The van der Waals surface area contributed by atoms with Crippen molar-refractivity contribution in [1.82, 2.24) is 25.6 Å². The minimum Gasteiger partial charge on any atom is -0.351 e. The quantitative estimate of drug-likeness (QED) is 0.821. The fourth-order valence-corrected chi connectivity index (χ4v) is 2.80. The molecular formula is C13H21N5O. The molecule has 0 atom stereocenters. The molecule has 2 aliphatic rings. The number of nitrogens with one attached hydrogen (secondary N) is 2. The molecule has 1 aliphatic carbocycles. The van der Waals surface area contributed by atoms with Gasteiger partial charge in [0.15, 0.2) is 5.69 Å². The summed E-state index contributed by atoms with van der Waals surface area (Å²) in [7, 11) is 0. The lowest BCUT2D eigenvalue weighted by Crippen LogP contribution is -2.43. The SMILES string of the molecule is O=C(NCCC1CCCC1)c1cn(C2CNC2)nn1. The first-order valence-electron chi connectivity index (χ1n) is 7.23. The molecule has 0 bridgehead atoms. The maximum atomic E-state index is 11.9. The van der Waals surface area contributed by atoms with Gasteiger partial charge in [0.25, 0.3) is 5.91 Å². The summed E-state index contributed by atoms with van der Waals surface area (Å²) >= 11 is 0. The third kappa shape index (κ3) is 2.94. The van der Waals surface area contributed by atoms with Crippen molar-refractivity contribution in [3.63, 3.8) is 0 Å². The number of aromatic nitrogens is 3. The Labute approximate surface area is 112 Å². The molecular weight excluding hydrogens is 242 g/mol. The maximum Gasteiger partial charge on any atom is 0.273 e. The lowest BCUT2D eigenvalue weighted by molar-refractivity contribution is 0.0946. The van der Waals surface area contributed by atoms with Crippen LogP contribution in [0.3, 0.4) is 0 Å². The van der Waals surface area contributed by atoms with E-state index in [0.717, 1.165) is 32.0 Å². The molecule has 1 amide bonds. The van der Waals surface area contributed by atoms with Crippen LogP contribution in [0.1, 0.15) is 48.6 Å². The van der Waals surface area contributed by atoms with Gasteiger partial charge in [-0.3, -0.25) is 4.79 Å². The minimum atomic E-state index is -0.100. The van der Waals surface area contributed by atoms with E-state index in [1.54, 1.807) is 10.9 Å². The normalized spacial score (nSPS) is 20.4. The van der Waals surface area contributed by atoms with E-state index in [-0.39, 0.29) is 5.91 Å². The third-order valence-corrected chi connectivity index (χ3v) is 4.19. The Morgan fingerprint density at radius 3 is 2.89 bits per heavy atom. The fraction of sp³-hybridized carbons (Fsp3) is 0.769. The Kier molecular flexibility index (Phi) is 3.77. The number of carbonyl (C=O) groups excluding carboxylic acids is 1. The highest BCUT2D eigenvalue weighted by Gasteiger charge is 2.21. The molecule has 2 fully saturated rings. The summed E-state index contributed by atoms with van der Waals surface area (Å²) in [6.45, 7) is 2.57. The standard InChI is InChI=1S/C13H21N5O/c19-13(15-6-5-10-3-1-2-4-10)12-9-18(17-16-12)11-7-14-8-11/h9-11,14H,1-8H2,(H,15,19). The Hall–Kier alpha value is -1.43. The van der Waals surface area contributed by atoms with Crippen LogP contribution in [0.25, 0.3) is 0 Å². The smallest absolute Gasteiger partial charge is 0.273 e. The predicted octanol–water partition coefficient (Wildman–Crippen LogP) is 0.732. The van der Waals surface area contributed by atoms with Gasteiger partial charge in [0.05, 0.1) is 12.2 Å². The number of hydrogen-bond donors (Lipinski definition) is 2. The first kappa shape index (κ1) is 12.6. The Morgan fingerprint density at radius 2 is 2.21 bits per heavy atom. The van der Waals surface area contributed by atoms with Gasteiger partial charge >= 0.3 is 0 Å². The average molecular weight is 263 g/mol. The van der Waals surface area contributed by atoms with Gasteiger partial charge in [-0.05, 0) is 12.3 Å². The summed E-state index contributed by atoms with van der Waals surface area (Å²) in [6.07, 6.45) is 8.18. The van der Waals surface area contributed by atoms with Crippen molar-refractivity contribution in [1.29, 1.82) is 0 Å². The molecule has 0 radical (unpaired) electrons. The molecule has 1 saturated carbocycles. The molecule has 0 spiro atoms. The topological polar surface area (TPSA) is 71.8 Å². The third-order valence-electron chi connectivity index (χ3n) is 4.19. The van der Waals surface area contributed by atoms with Gasteiger partial charge in [-0.2, -0.15) is 0 Å². The zero-order chi connectivity index (χ0) is 13.1. The van der Waals surface area contributed by atoms with Gasteiger partial charge in [0.2, 0.25) is 0 Å². The zero-order valence-corrected chi connectivity index (χ0v) is 11.1. The molecule has 1 aromatic rings. The van der Waals surface area contributed by atoms with Crippen LogP contribution in [-0.2, 0) is 0 Å². The second-order valence-electron chi connectivity index (χ2n) is 5.59. The average Bonchev–Trinajstić information content (AvgIpc) is 2.97. The van der Waals surface area contributed by atoms with E-state index in [1.807, 2.05) is 0 Å². The van der Waals surface area contributed by atoms with Crippen LogP contribution in [0.5, 0.6) is 0 Å². The molecule has 1 aromatic heterocycles. The van der Waals surface area contributed by atoms with Crippen molar-refractivity contribution in [3.05, 3.63) is 11.9 Å². The minimum absolute atomic E-state index is 0.100. The van der Waals surface area contributed by atoms with Crippen molar-refractivity contribution in [2.45, 2.75) is 38.1 Å². The van der Waals surface area contributed by atoms with Crippen LogP contribution < -0.4 is 10.6 Å². The summed E-state index contributed by atoms with van der Waals surface area (Å²) in [5.74, 6) is 0.702. The van der Waals surface area contributed by atoms with Crippen molar-refractivity contribution < 1.29 is 4.79 Å². The van der Waals surface area contributed by atoms with E-state index in [1.165, 1.54) is 25.7 Å². The Bertz CT molecular complexity index is 434. The molecule has 3 rings (SSSR count). The van der Waals surface area contributed by atoms with Crippen molar-refractivity contribution in [3.8, 4) is 0 Å².